The molecule has 0 N–H and O–H groups in total. The molecule has 2 rings (SSSR count). The zero-order valence-electron chi connectivity index (χ0n) is 10.6. The molecule has 0 aliphatic carbocycles. The highest BCUT2D eigenvalue weighted by atomic mass is 35.5. The van der Waals surface area contributed by atoms with Crippen LogP contribution in [0.3, 0.4) is 0 Å². The third-order valence-corrected chi connectivity index (χ3v) is 3.54. The van der Waals surface area contributed by atoms with E-state index in [4.69, 9.17) is 39.5 Å². The minimum atomic E-state index is -0.134. The highest BCUT2D eigenvalue weighted by Gasteiger charge is 2.13. The molecule has 0 aromatic heterocycles. The first kappa shape index (κ1) is 15.2. The highest BCUT2D eigenvalue weighted by Crippen LogP contribution is 2.35. The van der Waals surface area contributed by atoms with Crippen LogP contribution in [-0.2, 0) is 0 Å². The molecule has 0 spiro atoms. The van der Waals surface area contributed by atoms with Crippen LogP contribution in [0, 0.1) is 6.92 Å². The smallest absolute Gasteiger partial charge is 0.200 e. The van der Waals surface area contributed by atoms with Crippen molar-refractivity contribution in [1.29, 1.82) is 0 Å². The Morgan fingerprint density at radius 1 is 1.10 bits per heavy atom. The lowest BCUT2D eigenvalue weighted by Crippen LogP contribution is -2.13. The van der Waals surface area contributed by atoms with E-state index in [1.54, 1.807) is 6.07 Å². The van der Waals surface area contributed by atoms with Crippen LogP contribution in [-0.4, -0.2) is 12.4 Å². The fourth-order valence-corrected chi connectivity index (χ4v) is 2.69. The van der Waals surface area contributed by atoms with E-state index in [0.717, 1.165) is 5.56 Å². The number of hydrogen-bond donors (Lipinski definition) is 0. The normalized spacial score (nSPS) is 10.4. The summed E-state index contributed by atoms with van der Waals surface area (Å²) < 4.78 is 5.42. The molecular formula is C15H11Cl3O2. The van der Waals surface area contributed by atoms with Crippen LogP contribution in [0.15, 0.2) is 36.4 Å². The van der Waals surface area contributed by atoms with E-state index < -0.39 is 0 Å². The zero-order chi connectivity index (χ0) is 14.7. The van der Waals surface area contributed by atoms with Gasteiger partial charge < -0.3 is 4.74 Å². The Morgan fingerprint density at radius 2 is 1.70 bits per heavy atom. The standard InChI is InChI=1S/C15H11Cl3O2/c1-9-4-2-3-5-11(9)14(19)8-20-15-12(17)6-10(16)7-13(15)18/h2-7H,8H2,1H3. The summed E-state index contributed by atoms with van der Waals surface area (Å²) in [5, 5.41) is 0.970. The maximum Gasteiger partial charge on any atom is 0.200 e. The van der Waals surface area contributed by atoms with Gasteiger partial charge in [0, 0.05) is 10.6 Å². The lowest BCUT2D eigenvalue weighted by molar-refractivity contribution is 0.0921. The number of ketones is 1. The molecule has 0 atom stereocenters. The minimum absolute atomic E-state index is 0.133. The van der Waals surface area contributed by atoms with E-state index in [-0.39, 0.29) is 28.2 Å². The second-order valence-electron chi connectivity index (χ2n) is 4.23. The van der Waals surface area contributed by atoms with Crippen LogP contribution in [0.1, 0.15) is 15.9 Å². The zero-order valence-corrected chi connectivity index (χ0v) is 12.9. The number of halogens is 3. The number of carbonyl (C=O) groups excluding carboxylic acids is 1. The van der Waals surface area contributed by atoms with Crippen molar-refractivity contribution in [1.82, 2.24) is 0 Å². The molecule has 0 amide bonds. The number of aryl methyl sites for hydroxylation is 1. The summed E-state index contributed by atoms with van der Waals surface area (Å²) in [7, 11) is 0. The van der Waals surface area contributed by atoms with Gasteiger partial charge >= 0.3 is 0 Å². The van der Waals surface area contributed by atoms with Gasteiger partial charge in [0.25, 0.3) is 0 Å². The van der Waals surface area contributed by atoms with Crippen LogP contribution in [0.4, 0.5) is 0 Å². The summed E-state index contributed by atoms with van der Waals surface area (Å²) in [6, 6.07) is 10.3. The second kappa shape index (κ2) is 6.49. The number of Topliss-reactive ketones (excluding diaryl/α,β-unsaturated/α-hetero) is 1. The quantitative estimate of drug-likeness (QED) is 0.719. The van der Waals surface area contributed by atoms with Crippen LogP contribution in [0.5, 0.6) is 5.75 Å². The van der Waals surface area contributed by atoms with Crippen LogP contribution in [0.25, 0.3) is 0 Å². The number of ether oxygens (including phenoxy) is 1. The van der Waals surface area contributed by atoms with Gasteiger partial charge in [0.1, 0.15) is 0 Å². The van der Waals surface area contributed by atoms with Gasteiger partial charge in [0.15, 0.2) is 18.1 Å². The molecule has 20 heavy (non-hydrogen) atoms. The molecule has 5 heteroatoms. The van der Waals surface area contributed by atoms with Crippen LogP contribution in [0.2, 0.25) is 15.1 Å². The van der Waals surface area contributed by atoms with E-state index in [9.17, 15) is 4.79 Å². The van der Waals surface area contributed by atoms with Crippen LogP contribution < -0.4 is 4.74 Å². The van der Waals surface area contributed by atoms with Gasteiger partial charge in [-0.3, -0.25) is 4.79 Å². The number of rotatable bonds is 4. The molecule has 0 saturated carbocycles. The molecular weight excluding hydrogens is 319 g/mol. The molecule has 0 unspecified atom stereocenters. The predicted octanol–water partition coefficient (Wildman–Crippen LogP) is 5.22. The average molecular weight is 330 g/mol. The lowest BCUT2D eigenvalue weighted by Gasteiger charge is -2.10. The molecule has 2 aromatic carbocycles. The monoisotopic (exact) mass is 328 g/mol. The number of benzene rings is 2. The molecule has 0 aliphatic heterocycles. The Kier molecular flexibility index (Phi) is 4.92. The lowest BCUT2D eigenvalue weighted by atomic mass is 10.1. The summed E-state index contributed by atoms with van der Waals surface area (Å²) in [5.41, 5.74) is 1.52. The van der Waals surface area contributed by atoms with E-state index in [0.29, 0.717) is 10.6 Å². The third kappa shape index (κ3) is 3.45. The first-order chi connectivity index (χ1) is 9.49. The van der Waals surface area contributed by atoms with Crippen molar-refractivity contribution >= 4 is 40.6 Å². The Balaban J connectivity index is 2.14. The molecule has 0 bridgehead atoms. The Hall–Kier alpha value is -1.22. The average Bonchev–Trinajstić information content (AvgIpc) is 2.37. The molecule has 0 saturated heterocycles. The topological polar surface area (TPSA) is 26.3 Å². The molecule has 0 aliphatic rings. The maximum atomic E-state index is 12.1. The van der Waals surface area contributed by atoms with Gasteiger partial charge in [-0.25, -0.2) is 0 Å². The van der Waals surface area contributed by atoms with E-state index in [2.05, 4.69) is 0 Å². The summed E-state index contributed by atoms with van der Waals surface area (Å²) >= 11 is 17.8. The SMILES string of the molecule is Cc1ccccc1C(=O)COc1c(Cl)cc(Cl)cc1Cl. The Morgan fingerprint density at radius 3 is 2.30 bits per heavy atom. The van der Waals surface area contributed by atoms with Crippen LogP contribution >= 0.6 is 34.8 Å². The first-order valence-corrected chi connectivity index (χ1v) is 6.98. The summed E-state index contributed by atoms with van der Waals surface area (Å²) in [6.45, 7) is 1.74. The molecule has 0 heterocycles. The second-order valence-corrected chi connectivity index (χ2v) is 5.48. The summed E-state index contributed by atoms with van der Waals surface area (Å²) in [6.07, 6.45) is 0. The van der Waals surface area contributed by atoms with Gasteiger partial charge in [-0.05, 0) is 24.6 Å². The van der Waals surface area contributed by atoms with Crippen molar-refractivity contribution in [3.8, 4) is 5.75 Å². The summed E-state index contributed by atoms with van der Waals surface area (Å²) in [4.78, 5) is 12.1. The van der Waals surface area contributed by atoms with Crippen molar-refractivity contribution in [3.63, 3.8) is 0 Å². The summed E-state index contributed by atoms with van der Waals surface area (Å²) in [5.74, 6) is 0.129. The van der Waals surface area contributed by atoms with E-state index >= 15 is 0 Å². The Labute approximate surface area is 132 Å². The van der Waals surface area contributed by atoms with Crippen molar-refractivity contribution in [2.45, 2.75) is 6.92 Å². The third-order valence-electron chi connectivity index (χ3n) is 2.76. The van der Waals surface area contributed by atoms with Gasteiger partial charge in [0.2, 0.25) is 0 Å². The molecule has 0 radical (unpaired) electrons. The fraction of sp³-hybridized carbons (Fsp3) is 0.133. The molecule has 2 aromatic rings. The maximum absolute atomic E-state index is 12.1. The minimum Gasteiger partial charge on any atom is -0.482 e. The van der Waals surface area contributed by atoms with E-state index in [1.807, 2.05) is 25.1 Å². The number of carbonyl (C=O) groups is 1. The number of hydrogen-bond acceptors (Lipinski definition) is 2. The molecule has 104 valence electrons. The highest BCUT2D eigenvalue weighted by molar-refractivity contribution is 6.40. The molecule has 0 fully saturated rings. The largest absolute Gasteiger partial charge is 0.482 e. The van der Waals surface area contributed by atoms with Gasteiger partial charge in [0.05, 0.1) is 10.0 Å². The first-order valence-electron chi connectivity index (χ1n) is 5.85. The van der Waals surface area contributed by atoms with Crippen molar-refractivity contribution in [2.75, 3.05) is 6.61 Å². The van der Waals surface area contributed by atoms with Gasteiger partial charge in [-0.2, -0.15) is 0 Å². The predicted molar refractivity (Wildman–Crippen MR) is 82.5 cm³/mol. The van der Waals surface area contributed by atoms with E-state index in [1.165, 1.54) is 12.1 Å². The van der Waals surface area contributed by atoms with Crippen molar-refractivity contribution in [3.05, 3.63) is 62.6 Å². The Bertz CT molecular complexity index is 630. The van der Waals surface area contributed by atoms with Crippen molar-refractivity contribution < 1.29 is 9.53 Å². The molecule has 2 nitrogen and oxygen atoms in total. The van der Waals surface area contributed by atoms with Crippen molar-refractivity contribution in [2.24, 2.45) is 0 Å². The fourth-order valence-electron chi connectivity index (χ4n) is 1.77. The van der Waals surface area contributed by atoms with Gasteiger partial charge in [-0.15, -0.1) is 0 Å². The van der Waals surface area contributed by atoms with Gasteiger partial charge in [-0.1, -0.05) is 59.1 Å².